The summed E-state index contributed by atoms with van der Waals surface area (Å²) in [5, 5.41) is 36.6. The molecule has 8 rings (SSSR count). The van der Waals surface area contributed by atoms with Crippen molar-refractivity contribution in [1.29, 1.82) is 0 Å². The number of amides is 1. The summed E-state index contributed by atoms with van der Waals surface area (Å²) in [7, 11) is 4.80. The van der Waals surface area contributed by atoms with Gasteiger partial charge in [-0.2, -0.15) is 0 Å². The summed E-state index contributed by atoms with van der Waals surface area (Å²) in [5.74, 6) is -2.42. The molecule has 17 heteroatoms. The number of phenolic OH excluding ortho intramolecular Hbond substituents is 1. The van der Waals surface area contributed by atoms with Crippen molar-refractivity contribution in [3.05, 3.63) is 118 Å². The standard InChI is InChI=1S/C41H44ClN3O13/c1-18-10-22-11-23-8-7-9-41(23,58-40-35(49)34(48)33(45(4)5)19(2)55-40)37(18)57-36-26(42)12-21(13-28(36)46)27(43)16-31(47)53-17-30(22)56-39(51)25-14-24(52-6)15-29-32(25)44-38(50)20(3)54-29/h7-10,12-15,27,29-30,32,34-35,37,40,46,48-49H,1,3,11,16-17,43H2,2,4-6H3,(H,44,50)/t27-,29?,30-,32?,34?,35?,37?,40?,41-/m1/s1. The summed E-state index contributed by atoms with van der Waals surface area (Å²) < 4.78 is 42.3. The predicted molar refractivity (Wildman–Crippen MR) is 205 cm³/mol. The van der Waals surface area contributed by atoms with Crippen LogP contribution in [0.1, 0.15) is 31.4 Å². The fraction of sp³-hybridized carbons (Fsp3) is 0.390. The van der Waals surface area contributed by atoms with Crippen molar-refractivity contribution >= 4 is 29.4 Å². The number of likely N-dealkylation sites (N-methyl/N-ethyl adjacent to an activating group) is 1. The average molecular weight is 822 g/mol. The minimum Gasteiger partial charge on any atom is -0.504 e. The number of esters is 2. The van der Waals surface area contributed by atoms with Gasteiger partial charge in [-0.1, -0.05) is 43.0 Å². The van der Waals surface area contributed by atoms with Gasteiger partial charge >= 0.3 is 11.9 Å². The van der Waals surface area contributed by atoms with Crippen molar-refractivity contribution in [3.63, 3.8) is 0 Å². The number of aromatic hydroxyl groups is 1. The number of allylic oxidation sites excluding steroid dienone is 4. The molecule has 0 saturated carbocycles. The fourth-order valence-corrected chi connectivity index (χ4v) is 8.09. The van der Waals surface area contributed by atoms with E-state index in [4.69, 9.17) is 50.5 Å². The molecule has 0 radical (unpaired) electrons. The van der Waals surface area contributed by atoms with Crippen LogP contribution in [-0.2, 0) is 42.8 Å². The smallest absolute Gasteiger partial charge is 0.337 e. The quantitative estimate of drug-likeness (QED) is 0.206. The van der Waals surface area contributed by atoms with Gasteiger partial charge in [0.2, 0.25) is 6.29 Å². The van der Waals surface area contributed by atoms with Crippen LogP contribution in [0.4, 0.5) is 0 Å². The van der Waals surface area contributed by atoms with Crippen LogP contribution in [0.3, 0.4) is 0 Å². The molecule has 308 valence electrons. The first kappa shape index (κ1) is 40.7. The molecule has 4 heterocycles. The summed E-state index contributed by atoms with van der Waals surface area (Å²) in [4.78, 5) is 41.8. The fourth-order valence-electron chi connectivity index (χ4n) is 7.82. The number of carbonyl (C=O) groups excluding carboxylic acids is 3. The van der Waals surface area contributed by atoms with Gasteiger partial charge in [0, 0.05) is 26.2 Å². The first-order valence-corrected chi connectivity index (χ1v) is 18.7. The number of ether oxygens (including phenoxy) is 7. The van der Waals surface area contributed by atoms with Gasteiger partial charge in [0.15, 0.2) is 35.1 Å². The van der Waals surface area contributed by atoms with E-state index in [1.165, 1.54) is 25.3 Å². The highest BCUT2D eigenvalue weighted by Crippen LogP contribution is 2.48. The molecule has 1 fully saturated rings. The molecule has 1 amide bonds. The zero-order chi connectivity index (χ0) is 41.8. The van der Waals surface area contributed by atoms with Gasteiger partial charge in [0.05, 0.1) is 29.8 Å². The number of aliphatic hydroxyl groups excluding tert-OH is 2. The number of nitrogens with two attached hydrogens (primary N) is 1. The molecule has 4 aliphatic heterocycles. The molecule has 6 unspecified atom stereocenters. The maximum atomic E-state index is 14.2. The Morgan fingerprint density at radius 1 is 1.14 bits per heavy atom. The molecule has 6 N–H and O–H groups in total. The van der Waals surface area contributed by atoms with Crippen LogP contribution in [-0.4, -0.2) is 114 Å². The van der Waals surface area contributed by atoms with Crippen molar-refractivity contribution < 1.29 is 62.9 Å². The third kappa shape index (κ3) is 7.37. The lowest BCUT2D eigenvalue weighted by Crippen LogP contribution is -2.56. The molecule has 1 aromatic rings. The zero-order valence-electron chi connectivity index (χ0n) is 32.1. The van der Waals surface area contributed by atoms with E-state index in [1.807, 2.05) is 0 Å². The average Bonchev–Trinajstić information content (AvgIpc) is 3.51. The van der Waals surface area contributed by atoms with Gasteiger partial charge in [0.1, 0.15) is 42.5 Å². The number of benzene rings is 1. The molecule has 16 nitrogen and oxygen atoms in total. The number of rotatable bonds is 6. The Bertz CT molecular complexity index is 2130. The monoisotopic (exact) mass is 821 g/mol. The van der Waals surface area contributed by atoms with Crippen LogP contribution in [0.5, 0.6) is 11.5 Å². The maximum Gasteiger partial charge on any atom is 0.337 e. The lowest BCUT2D eigenvalue weighted by Gasteiger charge is -2.44. The van der Waals surface area contributed by atoms with Crippen LogP contribution < -0.4 is 15.8 Å². The van der Waals surface area contributed by atoms with Gasteiger partial charge in [0.25, 0.3) is 5.91 Å². The van der Waals surface area contributed by atoms with Crippen molar-refractivity contribution in [2.75, 3.05) is 27.8 Å². The number of hydrogen-bond donors (Lipinski definition) is 5. The van der Waals surface area contributed by atoms with Gasteiger partial charge in [-0.05, 0) is 59.9 Å². The van der Waals surface area contributed by atoms with Crippen molar-refractivity contribution in [1.82, 2.24) is 10.2 Å². The second-order valence-corrected chi connectivity index (χ2v) is 15.2. The summed E-state index contributed by atoms with van der Waals surface area (Å²) in [6, 6.07) is 0.819. The third-order valence-corrected chi connectivity index (χ3v) is 11.0. The van der Waals surface area contributed by atoms with E-state index in [2.05, 4.69) is 18.5 Å². The van der Waals surface area contributed by atoms with Gasteiger partial charge < -0.3 is 64.4 Å². The molecule has 1 saturated heterocycles. The zero-order valence-corrected chi connectivity index (χ0v) is 32.9. The molecule has 0 spiro atoms. The Balaban J connectivity index is 1.31. The van der Waals surface area contributed by atoms with E-state index in [-0.39, 0.29) is 46.3 Å². The molecular weight excluding hydrogens is 778 g/mol. The van der Waals surface area contributed by atoms with Crippen molar-refractivity contribution in [2.24, 2.45) is 5.73 Å². The number of morpholine rings is 1. The molecule has 3 aliphatic carbocycles. The molecular formula is C41H44ClN3O13. The summed E-state index contributed by atoms with van der Waals surface area (Å²) in [6.45, 7) is 9.08. The lowest BCUT2D eigenvalue weighted by atomic mass is 9.85. The second kappa shape index (κ2) is 15.7. The molecule has 0 aromatic heterocycles. The van der Waals surface area contributed by atoms with Crippen LogP contribution in [0.25, 0.3) is 0 Å². The summed E-state index contributed by atoms with van der Waals surface area (Å²) >= 11 is 6.73. The molecule has 9 atom stereocenters. The molecule has 7 aliphatic rings. The van der Waals surface area contributed by atoms with Crippen LogP contribution in [0, 0.1) is 0 Å². The summed E-state index contributed by atoms with van der Waals surface area (Å²) in [5.41, 5.74) is 6.40. The Kier molecular flexibility index (Phi) is 11.0. The Morgan fingerprint density at radius 3 is 2.60 bits per heavy atom. The predicted octanol–water partition coefficient (Wildman–Crippen LogP) is 2.53. The van der Waals surface area contributed by atoms with Crippen LogP contribution in [0.15, 0.2) is 107 Å². The van der Waals surface area contributed by atoms with Gasteiger partial charge in [-0.15, -0.1) is 0 Å². The lowest BCUT2D eigenvalue weighted by molar-refractivity contribution is -0.248. The third-order valence-electron chi connectivity index (χ3n) is 10.7. The molecule has 1 aromatic carbocycles. The molecule has 58 heavy (non-hydrogen) atoms. The number of nitrogens with one attached hydrogen (secondary N) is 1. The second-order valence-electron chi connectivity index (χ2n) is 14.8. The van der Waals surface area contributed by atoms with Gasteiger partial charge in [-0.25, -0.2) is 4.79 Å². The highest BCUT2D eigenvalue weighted by atomic mass is 35.5. The number of halogens is 1. The number of carbonyl (C=O) groups is 3. The number of hydrogen-bond acceptors (Lipinski definition) is 15. The van der Waals surface area contributed by atoms with E-state index in [0.29, 0.717) is 28.2 Å². The Labute approximate surface area is 338 Å². The number of methoxy groups -OCH3 is 1. The SMILES string of the molecule is C=C1OC2C=C(OC)C=C(C(=O)O[C@@H]3COC(=O)C[C@@H](N)c4cc(O)c(c(Cl)c4)OC4C(=C)C=C3CC3=CC=C[C@@]34OC3OC(C)=C(N(C)C)C(O)C3O)C2NC1=O. The van der Waals surface area contributed by atoms with E-state index < -0.39 is 84.7 Å². The first-order valence-electron chi connectivity index (χ1n) is 18.3. The van der Waals surface area contributed by atoms with E-state index in [9.17, 15) is 29.7 Å². The topological polar surface area (TPSA) is 218 Å². The Morgan fingerprint density at radius 2 is 1.90 bits per heavy atom. The minimum atomic E-state index is -1.66. The number of fused-ring (bicyclic) bond motifs is 9. The Hall–Kier alpha value is -5.52. The first-order chi connectivity index (χ1) is 27.5. The highest BCUT2D eigenvalue weighted by molar-refractivity contribution is 6.32. The minimum absolute atomic E-state index is 0.0164. The van der Waals surface area contributed by atoms with E-state index in [1.54, 1.807) is 56.3 Å². The van der Waals surface area contributed by atoms with Gasteiger partial charge in [-0.3, -0.25) is 9.59 Å². The van der Waals surface area contributed by atoms with Crippen molar-refractivity contribution in [3.8, 4) is 11.5 Å². The normalized spacial score (nSPS) is 31.9. The largest absolute Gasteiger partial charge is 0.504 e. The maximum absolute atomic E-state index is 14.2. The van der Waals surface area contributed by atoms with Crippen LogP contribution in [0.2, 0.25) is 5.02 Å². The number of phenols is 1. The highest BCUT2D eigenvalue weighted by Gasteiger charge is 2.53. The molecule has 4 bridgehead atoms. The number of aliphatic hydroxyl groups is 2. The van der Waals surface area contributed by atoms with E-state index in [0.717, 1.165) is 0 Å². The van der Waals surface area contributed by atoms with E-state index >= 15 is 0 Å². The van der Waals surface area contributed by atoms with Crippen molar-refractivity contribution in [2.45, 2.75) is 74.3 Å². The number of nitrogens with zero attached hydrogens (tertiary/aromatic N) is 1. The van der Waals surface area contributed by atoms with Crippen LogP contribution >= 0.6 is 11.6 Å². The summed E-state index contributed by atoms with van der Waals surface area (Å²) in [6.07, 6.45) is 1.47.